The lowest BCUT2D eigenvalue weighted by atomic mass is 9.81. The zero-order valence-electron chi connectivity index (χ0n) is 13.2. The minimum atomic E-state index is -1.04. The molecule has 0 aliphatic heterocycles. The number of carboxylic acids is 1. The van der Waals surface area contributed by atoms with Crippen LogP contribution in [0.3, 0.4) is 0 Å². The third-order valence-electron chi connectivity index (χ3n) is 3.59. The number of nitrogens with one attached hydrogen (secondary N) is 1. The molecule has 1 atom stereocenters. The second-order valence-electron chi connectivity index (χ2n) is 6.86. The fourth-order valence-corrected chi connectivity index (χ4v) is 1.99. The molecule has 0 aliphatic carbocycles. The highest BCUT2D eigenvalue weighted by atomic mass is 16.4. The summed E-state index contributed by atoms with van der Waals surface area (Å²) >= 11 is 0. The number of anilines is 1. The third kappa shape index (κ3) is 3.97. The summed E-state index contributed by atoms with van der Waals surface area (Å²) in [5.41, 5.74) is 5.64. The summed E-state index contributed by atoms with van der Waals surface area (Å²) in [5, 5.41) is 11.9. The fourth-order valence-electron chi connectivity index (χ4n) is 1.99. The monoisotopic (exact) mass is 292 g/mol. The van der Waals surface area contributed by atoms with Gasteiger partial charge in [0.1, 0.15) is 6.04 Å². The minimum absolute atomic E-state index is 0.324. The van der Waals surface area contributed by atoms with Crippen molar-refractivity contribution in [2.24, 2.45) is 5.41 Å². The van der Waals surface area contributed by atoms with E-state index >= 15 is 0 Å². The van der Waals surface area contributed by atoms with Crippen molar-refractivity contribution in [3.63, 3.8) is 0 Å². The maximum absolute atomic E-state index is 12.5. The molecule has 0 unspecified atom stereocenters. The summed E-state index contributed by atoms with van der Waals surface area (Å²) in [5.74, 6) is -1.36. The molecule has 5 nitrogen and oxygen atoms in total. The number of carbonyl (C=O) groups is 2. The lowest BCUT2D eigenvalue weighted by Crippen LogP contribution is -2.53. The van der Waals surface area contributed by atoms with Gasteiger partial charge in [-0.1, -0.05) is 32.9 Å². The molecule has 4 N–H and O–H groups in total. The predicted octanol–water partition coefficient (Wildman–Crippen LogP) is 2.16. The van der Waals surface area contributed by atoms with Crippen LogP contribution in [0.2, 0.25) is 0 Å². The van der Waals surface area contributed by atoms with Gasteiger partial charge in [-0.2, -0.15) is 0 Å². The fraction of sp³-hybridized carbons (Fsp3) is 0.500. The van der Waals surface area contributed by atoms with Gasteiger partial charge >= 0.3 is 5.97 Å². The van der Waals surface area contributed by atoms with E-state index in [1.54, 1.807) is 58.9 Å². The first-order valence-corrected chi connectivity index (χ1v) is 6.86. The quantitative estimate of drug-likeness (QED) is 0.741. The maximum atomic E-state index is 12.5. The van der Waals surface area contributed by atoms with Crippen LogP contribution in [0.15, 0.2) is 24.3 Å². The molecule has 5 heteroatoms. The van der Waals surface area contributed by atoms with E-state index in [4.69, 9.17) is 5.73 Å². The van der Waals surface area contributed by atoms with Gasteiger partial charge in [-0.3, -0.25) is 4.79 Å². The average molecular weight is 292 g/mol. The second-order valence-corrected chi connectivity index (χ2v) is 6.86. The van der Waals surface area contributed by atoms with Gasteiger partial charge in [0, 0.05) is 5.69 Å². The molecule has 21 heavy (non-hydrogen) atoms. The van der Waals surface area contributed by atoms with Gasteiger partial charge in [0.05, 0.1) is 5.41 Å². The van der Waals surface area contributed by atoms with Gasteiger partial charge in [-0.25, -0.2) is 4.79 Å². The van der Waals surface area contributed by atoms with Crippen LogP contribution in [0.25, 0.3) is 0 Å². The average Bonchev–Trinajstić information content (AvgIpc) is 2.34. The van der Waals surface area contributed by atoms with Crippen molar-refractivity contribution in [1.29, 1.82) is 0 Å². The van der Waals surface area contributed by atoms with Crippen molar-refractivity contribution >= 4 is 17.6 Å². The molecular weight excluding hydrogens is 268 g/mol. The van der Waals surface area contributed by atoms with Crippen molar-refractivity contribution in [2.75, 3.05) is 5.73 Å². The molecule has 0 bridgehead atoms. The zero-order chi connectivity index (χ0) is 16.4. The molecule has 1 rings (SSSR count). The summed E-state index contributed by atoms with van der Waals surface area (Å²) in [7, 11) is 0. The topological polar surface area (TPSA) is 92.4 Å². The lowest BCUT2D eigenvalue weighted by Gasteiger charge is -2.32. The van der Waals surface area contributed by atoms with Gasteiger partial charge < -0.3 is 16.2 Å². The Morgan fingerprint density at radius 1 is 1.10 bits per heavy atom. The Balaban J connectivity index is 3.00. The summed E-state index contributed by atoms with van der Waals surface area (Å²) in [6.07, 6.45) is 0. The number of nitrogen functional groups attached to an aromatic ring is 1. The standard InChI is InChI=1S/C16H24N2O3/c1-15(2,3)12(13(19)20)18-14(21)16(4,5)10-6-8-11(17)9-7-10/h6-9,12H,17H2,1-5H3,(H,18,21)(H,19,20)/t12-/m0/s1. The van der Waals surface area contributed by atoms with E-state index in [0.29, 0.717) is 5.69 Å². The molecule has 0 saturated carbocycles. The van der Waals surface area contributed by atoms with Crippen LogP contribution in [-0.2, 0) is 15.0 Å². The number of aliphatic carboxylic acids is 1. The Bertz CT molecular complexity index is 527. The van der Waals surface area contributed by atoms with Gasteiger partial charge in [0.25, 0.3) is 0 Å². The Morgan fingerprint density at radius 2 is 1.57 bits per heavy atom. The maximum Gasteiger partial charge on any atom is 0.326 e. The summed E-state index contributed by atoms with van der Waals surface area (Å²) in [4.78, 5) is 23.9. The van der Waals surface area contributed by atoms with Crippen LogP contribution >= 0.6 is 0 Å². The molecule has 0 saturated heterocycles. The van der Waals surface area contributed by atoms with Gasteiger partial charge in [-0.15, -0.1) is 0 Å². The highest BCUT2D eigenvalue weighted by Crippen LogP contribution is 2.26. The predicted molar refractivity (Wildman–Crippen MR) is 82.9 cm³/mol. The van der Waals surface area contributed by atoms with Gasteiger partial charge in [0.2, 0.25) is 5.91 Å². The summed E-state index contributed by atoms with van der Waals surface area (Å²) in [6.45, 7) is 8.86. The number of amides is 1. The number of carboxylic acid groups (broad SMARTS) is 1. The Kier molecular flexibility index (Phi) is 4.66. The van der Waals surface area contributed by atoms with E-state index in [0.717, 1.165) is 5.56 Å². The molecule has 0 aliphatic rings. The lowest BCUT2D eigenvalue weighted by molar-refractivity contribution is -0.145. The molecule has 0 heterocycles. The van der Waals surface area contributed by atoms with E-state index in [1.165, 1.54) is 0 Å². The van der Waals surface area contributed by atoms with Crippen LogP contribution in [0.4, 0.5) is 5.69 Å². The number of hydrogen-bond donors (Lipinski definition) is 3. The number of nitrogens with two attached hydrogens (primary N) is 1. The largest absolute Gasteiger partial charge is 0.480 e. The molecule has 1 aromatic rings. The molecule has 0 aromatic heterocycles. The number of hydrogen-bond acceptors (Lipinski definition) is 3. The Morgan fingerprint density at radius 3 is 1.95 bits per heavy atom. The van der Waals surface area contributed by atoms with Crippen molar-refractivity contribution in [2.45, 2.75) is 46.1 Å². The molecular formula is C16H24N2O3. The first-order chi connectivity index (χ1) is 9.46. The van der Waals surface area contributed by atoms with Crippen LogP contribution in [-0.4, -0.2) is 23.0 Å². The van der Waals surface area contributed by atoms with Crippen molar-refractivity contribution in [3.8, 4) is 0 Å². The molecule has 116 valence electrons. The summed E-state index contributed by atoms with van der Waals surface area (Å²) < 4.78 is 0. The van der Waals surface area contributed by atoms with Crippen LogP contribution in [0, 0.1) is 5.41 Å². The number of benzene rings is 1. The van der Waals surface area contributed by atoms with Crippen molar-refractivity contribution < 1.29 is 14.7 Å². The highest BCUT2D eigenvalue weighted by molar-refractivity contribution is 5.91. The summed E-state index contributed by atoms with van der Waals surface area (Å²) in [6, 6.07) is 6.06. The van der Waals surface area contributed by atoms with Crippen molar-refractivity contribution in [3.05, 3.63) is 29.8 Å². The molecule has 1 aromatic carbocycles. The van der Waals surface area contributed by atoms with Gasteiger partial charge in [0.15, 0.2) is 0 Å². The third-order valence-corrected chi connectivity index (χ3v) is 3.59. The Hall–Kier alpha value is -2.04. The normalized spacial score (nSPS) is 13.6. The SMILES string of the molecule is CC(C)(C(=O)N[C@@H](C(=O)O)C(C)(C)C)c1ccc(N)cc1. The minimum Gasteiger partial charge on any atom is -0.480 e. The highest BCUT2D eigenvalue weighted by Gasteiger charge is 2.37. The van der Waals surface area contributed by atoms with E-state index in [2.05, 4.69) is 5.32 Å². The molecule has 1 amide bonds. The van der Waals surface area contributed by atoms with E-state index in [-0.39, 0.29) is 5.91 Å². The zero-order valence-corrected chi connectivity index (χ0v) is 13.2. The van der Waals surface area contributed by atoms with Crippen LogP contribution in [0.5, 0.6) is 0 Å². The Labute approximate surface area is 125 Å². The molecule has 0 spiro atoms. The second kappa shape index (κ2) is 5.76. The van der Waals surface area contributed by atoms with E-state index < -0.39 is 22.8 Å². The molecule has 0 radical (unpaired) electrons. The number of rotatable bonds is 4. The van der Waals surface area contributed by atoms with Crippen LogP contribution < -0.4 is 11.1 Å². The van der Waals surface area contributed by atoms with Gasteiger partial charge in [-0.05, 0) is 37.0 Å². The van der Waals surface area contributed by atoms with E-state index in [1.807, 2.05) is 0 Å². The first-order valence-electron chi connectivity index (χ1n) is 6.86. The first kappa shape index (κ1) is 17.0. The smallest absolute Gasteiger partial charge is 0.326 e. The van der Waals surface area contributed by atoms with Crippen LogP contribution in [0.1, 0.15) is 40.2 Å². The molecule has 0 fully saturated rings. The number of carbonyl (C=O) groups excluding carboxylic acids is 1. The van der Waals surface area contributed by atoms with Crippen molar-refractivity contribution in [1.82, 2.24) is 5.32 Å². The van der Waals surface area contributed by atoms with E-state index in [9.17, 15) is 14.7 Å².